The number of piperidine rings is 1. The van der Waals surface area contributed by atoms with Crippen LogP contribution < -0.4 is 9.62 Å². The van der Waals surface area contributed by atoms with Crippen LogP contribution in [0.4, 0.5) is 0 Å². The van der Waals surface area contributed by atoms with Gasteiger partial charge < -0.3 is 19.6 Å². The zero-order valence-electron chi connectivity index (χ0n) is 17.3. The Hall–Kier alpha value is -1.97. The van der Waals surface area contributed by atoms with Gasteiger partial charge in [0.25, 0.3) is 0 Å². The van der Waals surface area contributed by atoms with Crippen LogP contribution in [0.2, 0.25) is 0 Å². The molecular formula is C22H29NO6S. The largest absolute Gasteiger partial charge is 0.492 e. The second kappa shape index (κ2) is 10.9. The Balaban J connectivity index is 1.56. The van der Waals surface area contributed by atoms with Crippen LogP contribution in [0.3, 0.4) is 0 Å². The molecule has 164 valence electrons. The smallest absolute Gasteiger partial charge is 0.340 e. The number of para-hydroxylation sites is 1. The summed E-state index contributed by atoms with van der Waals surface area (Å²) < 4.78 is 29.1. The molecule has 1 aliphatic rings. The number of methoxy groups -OCH3 is 1. The van der Waals surface area contributed by atoms with Gasteiger partial charge >= 0.3 is 11.4 Å². The number of aliphatic hydroxyl groups excluding tert-OH is 1. The van der Waals surface area contributed by atoms with Gasteiger partial charge in [0.2, 0.25) is 5.75 Å². The van der Waals surface area contributed by atoms with E-state index in [1.54, 1.807) is 18.2 Å². The van der Waals surface area contributed by atoms with Crippen LogP contribution in [-0.2, 0) is 22.1 Å². The van der Waals surface area contributed by atoms with Gasteiger partial charge in [0.05, 0.1) is 13.2 Å². The SMILES string of the molecule is COc1c(OOS(=O)O)cccc1C(O)C1CCN(CCc2ccc(C)cc2)CC1. The third kappa shape index (κ3) is 6.02. The quantitative estimate of drug-likeness (QED) is 0.354. The van der Waals surface area contributed by atoms with Gasteiger partial charge in [0, 0.05) is 12.1 Å². The van der Waals surface area contributed by atoms with E-state index in [1.807, 2.05) is 0 Å². The van der Waals surface area contributed by atoms with Gasteiger partial charge in [-0.3, -0.25) is 4.55 Å². The summed E-state index contributed by atoms with van der Waals surface area (Å²) in [6, 6.07) is 13.7. The van der Waals surface area contributed by atoms with Crippen LogP contribution in [0.5, 0.6) is 11.5 Å². The number of hydrogen-bond acceptors (Lipinski definition) is 6. The topological polar surface area (TPSA) is 88.5 Å². The number of ether oxygens (including phenoxy) is 1. The van der Waals surface area contributed by atoms with E-state index in [4.69, 9.17) is 14.2 Å². The summed E-state index contributed by atoms with van der Waals surface area (Å²) in [4.78, 5) is 7.31. The van der Waals surface area contributed by atoms with Gasteiger partial charge in [-0.15, -0.1) is 0 Å². The molecule has 8 heteroatoms. The Morgan fingerprint density at radius 2 is 1.87 bits per heavy atom. The van der Waals surface area contributed by atoms with Crippen molar-refractivity contribution in [3.8, 4) is 11.5 Å². The monoisotopic (exact) mass is 435 g/mol. The number of benzene rings is 2. The lowest BCUT2D eigenvalue weighted by molar-refractivity contribution is -0.0958. The van der Waals surface area contributed by atoms with Gasteiger partial charge in [-0.05, 0) is 56.8 Å². The van der Waals surface area contributed by atoms with Crippen molar-refractivity contribution < 1.29 is 27.8 Å². The molecule has 2 aromatic carbocycles. The van der Waals surface area contributed by atoms with Crippen molar-refractivity contribution in [1.82, 2.24) is 4.90 Å². The Labute approximate surface area is 180 Å². The molecule has 0 radical (unpaired) electrons. The fourth-order valence-corrected chi connectivity index (χ4v) is 4.04. The van der Waals surface area contributed by atoms with Crippen molar-refractivity contribution in [3.63, 3.8) is 0 Å². The predicted octanol–water partition coefficient (Wildman–Crippen LogP) is 3.44. The molecule has 1 heterocycles. The van der Waals surface area contributed by atoms with Crippen LogP contribution in [0.25, 0.3) is 0 Å². The normalized spacial score (nSPS) is 17.5. The summed E-state index contributed by atoms with van der Waals surface area (Å²) >= 11 is -2.57. The molecule has 2 unspecified atom stereocenters. The van der Waals surface area contributed by atoms with Crippen LogP contribution in [0, 0.1) is 12.8 Å². The zero-order chi connectivity index (χ0) is 21.5. The molecule has 7 nitrogen and oxygen atoms in total. The Morgan fingerprint density at radius 3 is 2.50 bits per heavy atom. The third-order valence-corrected chi connectivity index (χ3v) is 5.81. The molecule has 0 spiro atoms. The standard InChI is InChI=1S/C22H29NO6S/c1-16-6-8-17(9-7-16)10-13-23-14-11-18(12-15-23)21(24)19-4-3-5-20(22(19)27-2)28-29-30(25)26/h3-9,18,21,24H,10-15H2,1-2H3,(H,25,26). The van der Waals surface area contributed by atoms with Crippen LogP contribution in [0.1, 0.15) is 35.6 Å². The molecule has 0 saturated carbocycles. The van der Waals surface area contributed by atoms with E-state index in [0.29, 0.717) is 11.3 Å². The summed E-state index contributed by atoms with van der Waals surface area (Å²) in [5.74, 6) is 0.543. The minimum absolute atomic E-state index is 0.0951. The van der Waals surface area contributed by atoms with E-state index in [1.165, 1.54) is 18.2 Å². The van der Waals surface area contributed by atoms with E-state index in [-0.39, 0.29) is 11.7 Å². The lowest BCUT2D eigenvalue weighted by Gasteiger charge is -2.34. The summed E-state index contributed by atoms with van der Waals surface area (Å²) in [5, 5.41) is 11.0. The highest BCUT2D eigenvalue weighted by Gasteiger charge is 2.29. The summed E-state index contributed by atoms with van der Waals surface area (Å²) in [6.07, 6.45) is 2.05. The first-order valence-corrected chi connectivity index (χ1v) is 11.1. The third-order valence-electron chi connectivity index (χ3n) is 5.63. The van der Waals surface area contributed by atoms with Crippen molar-refractivity contribution in [3.05, 3.63) is 59.2 Å². The maximum Gasteiger partial charge on any atom is 0.340 e. The molecule has 3 rings (SSSR count). The number of rotatable bonds is 9. The Kier molecular flexibility index (Phi) is 8.24. The molecule has 2 aromatic rings. The van der Waals surface area contributed by atoms with Crippen LogP contribution in [-0.4, -0.2) is 45.5 Å². The number of aliphatic hydroxyl groups is 1. The predicted molar refractivity (Wildman–Crippen MR) is 114 cm³/mol. The Morgan fingerprint density at radius 1 is 1.17 bits per heavy atom. The van der Waals surface area contributed by atoms with Crippen molar-refractivity contribution in [1.29, 1.82) is 0 Å². The lowest BCUT2D eigenvalue weighted by Crippen LogP contribution is -2.36. The van der Waals surface area contributed by atoms with E-state index >= 15 is 0 Å². The van der Waals surface area contributed by atoms with Crippen molar-refractivity contribution in [2.24, 2.45) is 5.92 Å². The van der Waals surface area contributed by atoms with Crippen molar-refractivity contribution >= 4 is 11.4 Å². The molecule has 30 heavy (non-hydrogen) atoms. The maximum atomic E-state index is 11.0. The second-order valence-corrected chi connectivity index (χ2v) is 8.18. The number of aryl methyl sites for hydroxylation is 1. The average molecular weight is 436 g/mol. The molecule has 0 bridgehead atoms. The van der Waals surface area contributed by atoms with Crippen molar-refractivity contribution in [2.45, 2.75) is 32.3 Å². The van der Waals surface area contributed by atoms with Crippen LogP contribution in [0.15, 0.2) is 42.5 Å². The molecular weight excluding hydrogens is 406 g/mol. The van der Waals surface area contributed by atoms with Gasteiger partial charge in [-0.2, -0.15) is 4.21 Å². The summed E-state index contributed by atoms with van der Waals surface area (Å²) in [7, 11) is 1.46. The summed E-state index contributed by atoms with van der Waals surface area (Å²) in [6.45, 7) is 4.96. The Bertz CT molecular complexity index is 836. The molecule has 0 aromatic heterocycles. The number of hydrogen-bond donors (Lipinski definition) is 2. The van der Waals surface area contributed by atoms with E-state index in [0.717, 1.165) is 38.9 Å². The minimum Gasteiger partial charge on any atom is -0.492 e. The molecule has 2 N–H and O–H groups in total. The molecule has 1 fully saturated rings. The van der Waals surface area contributed by atoms with E-state index in [2.05, 4.69) is 40.4 Å². The highest BCUT2D eigenvalue weighted by atomic mass is 32.2. The molecule has 2 atom stereocenters. The highest BCUT2D eigenvalue weighted by molar-refractivity contribution is 7.74. The fourth-order valence-electron chi connectivity index (χ4n) is 3.90. The molecule has 0 amide bonds. The highest BCUT2D eigenvalue weighted by Crippen LogP contribution is 2.40. The van der Waals surface area contributed by atoms with Crippen molar-refractivity contribution in [2.75, 3.05) is 26.7 Å². The average Bonchev–Trinajstić information content (AvgIpc) is 2.76. The zero-order valence-corrected chi connectivity index (χ0v) is 18.1. The summed E-state index contributed by atoms with van der Waals surface area (Å²) in [5.41, 5.74) is 3.20. The maximum absolute atomic E-state index is 11.0. The molecule has 1 saturated heterocycles. The number of likely N-dealkylation sites (tertiary alicyclic amines) is 1. The fraction of sp³-hybridized carbons (Fsp3) is 0.455. The molecule has 0 aliphatic carbocycles. The van der Waals surface area contributed by atoms with Gasteiger partial charge in [-0.25, -0.2) is 0 Å². The molecule has 1 aliphatic heterocycles. The lowest BCUT2D eigenvalue weighted by atomic mass is 9.87. The second-order valence-electron chi connectivity index (χ2n) is 7.61. The van der Waals surface area contributed by atoms with Gasteiger partial charge in [0.1, 0.15) is 0 Å². The van der Waals surface area contributed by atoms with E-state index < -0.39 is 17.5 Å². The van der Waals surface area contributed by atoms with E-state index in [9.17, 15) is 9.32 Å². The first-order chi connectivity index (χ1) is 14.5. The van der Waals surface area contributed by atoms with Gasteiger partial charge in [-0.1, -0.05) is 46.3 Å². The first-order valence-electron chi connectivity index (χ1n) is 10.1. The minimum atomic E-state index is -2.57. The van der Waals surface area contributed by atoms with Gasteiger partial charge in [0.15, 0.2) is 5.75 Å². The first kappa shape index (κ1) is 22.7. The number of nitrogens with zero attached hydrogens (tertiary/aromatic N) is 1. The van der Waals surface area contributed by atoms with Crippen LogP contribution >= 0.6 is 0 Å².